The number of aliphatic imine (C=N–C) groups is 1. The third-order valence-corrected chi connectivity index (χ3v) is 6.66. The Morgan fingerprint density at radius 1 is 1.13 bits per heavy atom. The van der Waals surface area contributed by atoms with E-state index >= 15 is 0 Å². The highest BCUT2D eigenvalue weighted by molar-refractivity contribution is 7.90. The first kappa shape index (κ1) is 21.3. The van der Waals surface area contributed by atoms with Crippen LogP contribution in [0.15, 0.2) is 64.1 Å². The molecule has 2 aliphatic heterocycles. The number of hydrogen-bond donors (Lipinski definition) is 0. The van der Waals surface area contributed by atoms with Gasteiger partial charge in [0.1, 0.15) is 6.61 Å². The van der Waals surface area contributed by atoms with Crippen LogP contribution in [-0.4, -0.2) is 39.9 Å². The van der Waals surface area contributed by atoms with Crippen LogP contribution < -0.4 is 4.90 Å². The zero-order valence-electron chi connectivity index (χ0n) is 17.6. The van der Waals surface area contributed by atoms with Crippen LogP contribution in [0.4, 0.5) is 5.69 Å². The molecule has 0 atom stereocenters. The molecule has 2 aliphatic rings. The van der Waals surface area contributed by atoms with Crippen LogP contribution in [0.2, 0.25) is 0 Å². The summed E-state index contributed by atoms with van der Waals surface area (Å²) in [6.07, 6.45) is 8.51. The summed E-state index contributed by atoms with van der Waals surface area (Å²) < 4.78 is 28.5. The second-order valence-electron chi connectivity index (χ2n) is 7.98. The Kier molecular flexibility index (Phi) is 6.23. The quantitative estimate of drug-likeness (QED) is 0.619. The first-order chi connectivity index (χ1) is 14.9. The SMILES string of the molecule is CS(=O)(=O)c1ccc(COC(=O)Cc2ccc3c(c2)N(CC2=CCC=N2)CCC3)cc1. The normalized spacial score (nSPS) is 15.5. The third kappa shape index (κ3) is 5.41. The molecule has 4 rings (SSSR count). The lowest BCUT2D eigenvalue weighted by Crippen LogP contribution is -2.31. The number of benzene rings is 2. The average molecular weight is 439 g/mol. The number of rotatable bonds is 7. The van der Waals surface area contributed by atoms with Gasteiger partial charge in [0.15, 0.2) is 9.84 Å². The maximum absolute atomic E-state index is 12.4. The molecule has 0 radical (unpaired) electrons. The summed E-state index contributed by atoms with van der Waals surface area (Å²) in [6.45, 7) is 1.89. The minimum Gasteiger partial charge on any atom is -0.461 e. The fourth-order valence-corrected chi connectivity index (χ4v) is 4.53. The van der Waals surface area contributed by atoms with Gasteiger partial charge < -0.3 is 9.64 Å². The number of carbonyl (C=O) groups is 1. The van der Waals surface area contributed by atoms with Crippen LogP contribution in [0.3, 0.4) is 0 Å². The molecule has 0 fully saturated rings. The largest absolute Gasteiger partial charge is 0.461 e. The first-order valence-electron chi connectivity index (χ1n) is 10.4. The lowest BCUT2D eigenvalue weighted by atomic mass is 9.98. The fourth-order valence-electron chi connectivity index (χ4n) is 3.90. The third-order valence-electron chi connectivity index (χ3n) is 5.53. The van der Waals surface area contributed by atoms with Crippen LogP contribution in [0.25, 0.3) is 0 Å². The number of carbonyl (C=O) groups excluding carboxylic acids is 1. The van der Waals surface area contributed by atoms with Crippen LogP contribution in [-0.2, 0) is 38.8 Å². The molecule has 31 heavy (non-hydrogen) atoms. The molecule has 0 aliphatic carbocycles. The number of hydrogen-bond acceptors (Lipinski definition) is 6. The zero-order valence-corrected chi connectivity index (χ0v) is 18.4. The summed E-state index contributed by atoms with van der Waals surface area (Å²) in [5.74, 6) is -0.308. The molecule has 0 bridgehead atoms. The van der Waals surface area contributed by atoms with E-state index in [0.29, 0.717) is 0 Å². The van der Waals surface area contributed by atoms with E-state index in [4.69, 9.17) is 4.74 Å². The van der Waals surface area contributed by atoms with Gasteiger partial charge in [-0.05, 0) is 47.7 Å². The van der Waals surface area contributed by atoms with Crippen molar-refractivity contribution in [3.8, 4) is 0 Å². The van der Waals surface area contributed by atoms with E-state index in [-0.39, 0.29) is 23.9 Å². The number of sulfone groups is 1. The van der Waals surface area contributed by atoms with Crippen molar-refractivity contribution in [3.05, 3.63) is 70.9 Å². The predicted molar refractivity (Wildman–Crippen MR) is 121 cm³/mol. The Labute approximate surface area is 183 Å². The lowest BCUT2D eigenvalue weighted by Gasteiger charge is -2.31. The second kappa shape index (κ2) is 9.06. The summed E-state index contributed by atoms with van der Waals surface area (Å²) >= 11 is 0. The Hall–Kier alpha value is -2.93. The van der Waals surface area contributed by atoms with Gasteiger partial charge in [-0.1, -0.05) is 30.3 Å². The monoisotopic (exact) mass is 438 g/mol. The molecular weight excluding hydrogens is 412 g/mol. The summed E-state index contributed by atoms with van der Waals surface area (Å²) in [5, 5.41) is 0. The van der Waals surface area contributed by atoms with Crippen molar-refractivity contribution in [2.75, 3.05) is 24.2 Å². The van der Waals surface area contributed by atoms with Gasteiger partial charge in [0.05, 0.1) is 23.6 Å². The average Bonchev–Trinajstić information content (AvgIpc) is 3.25. The van der Waals surface area contributed by atoms with Crippen LogP contribution >= 0.6 is 0 Å². The van der Waals surface area contributed by atoms with Crippen LogP contribution in [0.5, 0.6) is 0 Å². The van der Waals surface area contributed by atoms with E-state index in [2.05, 4.69) is 28.1 Å². The van der Waals surface area contributed by atoms with Gasteiger partial charge in [0.25, 0.3) is 0 Å². The van der Waals surface area contributed by atoms with Crippen molar-refractivity contribution >= 4 is 27.7 Å². The number of ether oxygens (including phenoxy) is 1. The van der Waals surface area contributed by atoms with Gasteiger partial charge in [-0.2, -0.15) is 0 Å². The van der Waals surface area contributed by atoms with Gasteiger partial charge in [-0.25, -0.2) is 8.42 Å². The summed E-state index contributed by atoms with van der Waals surface area (Å²) in [6, 6.07) is 12.6. The molecule has 2 aromatic rings. The fraction of sp³-hybridized carbons (Fsp3) is 0.333. The molecule has 7 heteroatoms. The maximum Gasteiger partial charge on any atom is 0.310 e. The van der Waals surface area contributed by atoms with E-state index in [9.17, 15) is 13.2 Å². The smallest absolute Gasteiger partial charge is 0.310 e. The lowest BCUT2D eigenvalue weighted by molar-refractivity contribution is -0.144. The topological polar surface area (TPSA) is 76.0 Å². The predicted octanol–water partition coefficient (Wildman–Crippen LogP) is 3.49. The number of anilines is 1. The number of fused-ring (bicyclic) bond motifs is 1. The van der Waals surface area contributed by atoms with Crippen molar-refractivity contribution < 1.29 is 17.9 Å². The molecule has 0 N–H and O–H groups in total. The molecular formula is C24H26N2O4S. The van der Waals surface area contributed by atoms with E-state index < -0.39 is 9.84 Å². The Balaban J connectivity index is 1.38. The highest BCUT2D eigenvalue weighted by Crippen LogP contribution is 2.29. The van der Waals surface area contributed by atoms with Crippen molar-refractivity contribution in [3.63, 3.8) is 0 Å². The van der Waals surface area contributed by atoms with Gasteiger partial charge in [-0.3, -0.25) is 9.79 Å². The van der Waals surface area contributed by atoms with Crippen LogP contribution in [0.1, 0.15) is 29.5 Å². The van der Waals surface area contributed by atoms with E-state index in [1.54, 1.807) is 12.1 Å². The standard InChI is InChI=1S/C24H26N2O4S/c1-31(28,29)22-10-7-18(8-11-22)17-30-24(27)15-19-6-9-20-4-3-13-26(23(20)14-19)16-21-5-2-12-25-21/h5-12,14H,2-4,13,15-17H2,1H3. The molecule has 0 saturated carbocycles. The first-order valence-corrected chi connectivity index (χ1v) is 12.3. The highest BCUT2D eigenvalue weighted by atomic mass is 32.2. The van der Waals surface area contributed by atoms with Crippen molar-refractivity contribution in [1.82, 2.24) is 0 Å². The van der Waals surface area contributed by atoms with Gasteiger partial charge in [0, 0.05) is 31.1 Å². The van der Waals surface area contributed by atoms with Crippen molar-refractivity contribution in [1.29, 1.82) is 0 Å². The summed E-state index contributed by atoms with van der Waals surface area (Å²) in [5.41, 5.74) is 5.25. The maximum atomic E-state index is 12.4. The second-order valence-corrected chi connectivity index (χ2v) is 10.0. The molecule has 2 heterocycles. The summed E-state index contributed by atoms with van der Waals surface area (Å²) in [7, 11) is -3.23. The zero-order chi connectivity index (χ0) is 21.8. The van der Waals surface area contributed by atoms with Gasteiger partial charge in [0.2, 0.25) is 0 Å². The molecule has 0 saturated heterocycles. The number of nitrogens with zero attached hydrogens (tertiary/aromatic N) is 2. The molecule has 0 amide bonds. The molecule has 0 aromatic heterocycles. The Morgan fingerprint density at radius 2 is 1.90 bits per heavy atom. The highest BCUT2D eigenvalue weighted by Gasteiger charge is 2.19. The van der Waals surface area contributed by atoms with E-state index in [1.807, 2.05) is 12.3 Å². The van der Waals surface area contributed by atoms with E-state index in [1.165, 1.54) is 29.6 Å². The molecule has 6 nitrogen and oxygen atoms in total. The van der Waals surface area contributed by atoms with Gasteiger partial charge >= 0.3 is 5.97 Å². The Morgan fingerprint density at radius 3 is 2.61 bits per heavy atom. The van der Waals surface area contributed by atoms with E-state index in [0.717, 1.165) is 49.2 Å². The molecule has 0 unspecified atom stereocenters. The number of esters is 1. The number of allylic oxidation sites excluding steroid dienone is 1. The molecule has 162 valence electrons. The van der Waals surface area contributed by atoms with Gasteiger partial charge in [-0.15, -0.1) is 0 Å². The number of aryl methyl sites for hydroxylation is 1. The minimum atomic E-state index is -3.23. The van der Waals surface area contributed by atoms with Crippen LogP contribution in [0, 0.1) is 0 Å². The molecule has 0 spiro atoms. The summed E-state index contributed by atoms with van der Waals surface area (Å²) in [4.78, 5) is 19.4. The van der Waals surface area contributed by atoms with Crippen molar-refractivity contribution in [2.24, 2.45) is 4.99 Å². The minimum absolute atomic E-state index is 0.117. The van der Waals surface area contributed by atoms with Crippen molar-refractivity contribution in [2.45, 2.75) is 37.2 Å². The Bertz CT molecular complexity index is 1130. The molecule has 2 aromatic carbocycles.